The second-order valence-corrected chi connectivity index (χ2v) is 25.6. The van der Waals surface area contributed by atoms with Crippen LogP contribution in [0.1, 0.15) is 89.4 Å². The molecule has 0 aliphatic rings. The van der Waals surface area contributed by atoms with Gasteiger partial charge >= 0.3 is 0 Å². The number of aryl methyl sites for hydroxylation is 16. The number of aromatic nitrogens is 3. The van der Waals surface area contributed by atoms with Crippen molar-refractivity contribution in [3.63, 3.8) is 0 Å². The highest BCUT2D eigenvalue weighted by atomic mass is 32.1. The van der Waals surface area contributed by atoms with E-state index in [0.29, 0.717) is 0 Å². The maximum absolute atomic E-state index is 4.17. The summed E-state index contributed by atoms with van der Waals surface area (Å²) in [7, 11) is 0. The first kappa shape index (κ1) is 64.4. The van der Waals surface area contributed by atoms with Crippen LogP contribution in [0.2, 0.25) is 0 Å². The third kappa shape index (κ3) is 19.5. The summed E-state index contributed by atoms with van der Waals surface area (Å²) < 4.78 is 8.44. The lowest BCUT2D eigenvalue weighted by molar-refractivity contribution is 1.12. The van der Waals surface area contributed by atoms with Crippen molar-refractivity contribution in [2.45, 2.75) is 111 Å². The maximum Gasteiger partial charge on any atom is 0.0384 e. The fraction of sp³-hybridized carbons (Fsp3) is 0.203. The fourth-order valence-electron chi connectivity index (χ4n) is 9.47. The molecule has 8 aromatic carbocycles. The molecule has 0 fully saturated rings. The zero-order valence-corrected chi connectivity index (χ0v) is 55.2. The smallest absolute Gasteiger partial charge is 0.0384 e. The van der Waals surface area contributed by atoms with Gasteiger partial charge in [-0.1, -0.05) is 173 Å². The molecule has 0 saturated heterocycles. The number of rotatable bonds is 0. The molecule has 0 bridgehead atoms. The molecule has 0 aliphatic heterocycles. The van der Waals surface area contributed by atoms with E-state index in [1.165, 1.54) is 133 Å². The van der Waals surface area contributed by atoms with Gasteiger partial charge in [-0.15, -0.1) is 34.0 Å². The minimum atomic E-state index is 1.08. The number of hydrogen-bond donors (Lipinski definition) is 0. The summed E-state index contributed by atoms with van der Waals surface area (Å²) in [5, 5.41) is 8.39. The number of pyridine rings is 3. The minimum Gasteiger partial charge on any atom is -0.264 e. The van der Waals surface area contributed by atoms with Gasteiger partial charge in [0.1, 0.15) is 0 Å². The molecule has 14 rings (SSSR count). The monoisotopic (exact) mass is 1170 g/mol. The zero-order chi connectivity index (χ0) is 61.2. The highest BCUT2D eigenvalue weighted by molar-refractivity contribution is 7.26. The summed E-state index contributed by atoms with van der Waals surface area (Å²) in [6.07, 6.45) is 5.58. The van der Waals surface area contributed by atoms with Crippen LogP contribution in [0, 0.1) is 111 Å². The molecule has 6 aromatic heterocycles. The molecule has 0 spiro atoms. The molecule has 0 amide bonds. The topological polar surface area (TPSA) is 38.7 Å². The van der Waals surface area contributed by atoms with Crippen molar-refractivity contribution in [3.8, 4) is 0 Å². The quantitative estimate of drug-likeness (QED) is 0.152. The summed E-state index contributed by atoms with van der Waals surface area (Å²) in [6, 6.07) is 69.0. The lowest BCUT2D eigenvalue weighted by Gasteiger charge is -1.95. The van der Waals surface area contributed by atoms with Crippen molar-refractivity contribution < 1.29 is 0 Å². The van der Waals surface area contributed by atoms with Crippen molar-refractivity contribution in [3.05, 3.63) is 302 Å². The molecule has 432 valence electrons. The average molecular weight is 1170 g/mol. The predicted molar refractivity (Wildman–Crippen MR) is 379 cm³/mol. The summed E-state index contributed by atoms with van der Waals surface area (Å²) in [5.41, 5.74) is 20.4. The lowest BCUT2D eigenvalue weighted by atomic mass is 10.1. The SMILES string of the molecule is Cc1ccc(C)cc1.Cc1ccc(C)nc1.Cc1ccc2c(c1)sc1cc(C)ccc12.Cc1ccc2sc3ccc(C)cc3c2c1.Cc1cccc(C)c1.Cc1cccc(C)n1.Cc1cccc2c1sc1c(C)cccc12.Cc1cncc(C)c1. The fourth-order valence-corrected chi connectivity index (χ4v) is 13.1. The predicted octanol–water partition coefficient (Wildman–Crippen LogP) is 23.7. The number of hydrogen-bond acceptors (Lipinski definition) is 6. The van der Waals surface area contributed by atoms with Crippen molar-refractivity contribution >= 4 is 94.5 Å². The number of thiophene rings is 3. The Morgan fingerprint density at radius 2 is 0.612 bits per heavy atom. The van der Waals surface area contributed by atoms with E-state index in [-0.39, 0.29) is 0 Å². The zero-order valence-electron chi connectivity index (χ0n) is 52.8. The molecule has 0 unspecified atom stereocenters. The van der Waals surface area contributed by atoms with E-state index in [9.17, 15) is 0 Å². The van der Waals surface area contributed by atoms with Crippen molar-refractivity contribution in [2.75, 3.05) is 0 Å². The minimum absolute atomic E-state index is 1.08. The summed E-state index contributed by atoms with van der Waals surface area (Å²) >= 11 is 5.68. The van der Waals surface area contributed by atoms with E-state index in [4.69, 9.17) is 0 Å². The van der Waals surface area contributed by atoms with E-state index in [0.717, 1.165) is 17.1 Å². The standard InChI is InChI=1S/3C14H12S.2C8H10.3C7H9N/c1-9-3-5-13-11(7-9)12-8-10(2)4-6-14(12)15-13;1-9-3-5-11-12-6-4-10(2)8-14(12)15-13(11)7-9;1-9-5-3-7-11-12-8-4-6-10(2)14(12)15-13(9)11;1-7-3-5-8(2)6-4-7;1-7-4-3-5-8(2)6-7;1-6-3-7(2)5-8-4-6;1-6-3-4-7(2)8-5-6;1-6-4-3-5-7(2)8-6/h3*3-8H,1-2H3;2*3-6H,1-2H3;3*3-5H,1-2H3. The third-order valence-electron chi connectivity index (χ3n) is 14.0. The molecule has 3 nitrogen and oxygen atoms in total. The van der Waals surface area contributed by atoms with Gasteiger partial charge in [0.2, 0.25) is 0 Å². The molecule has 6 heteroatoms. The summed E-state index contributed by atoms with van der Waals surface area (Å²) in [5.74, 6) is 0. The Morgan fingerprint density at radius 3 is 0.988 bits per heavy atom. The second-order valence-electron chi connectivity index (χ2n) is 22.5. The van der Waals surface area contributed by atoms with Crippen LogP contribution >= 0.6 is 34.0 Å². The van der Waals surface area contributed by atoms with Crippen molar-refractivity contribution in [2.24, 2.45) is 0 Å². The Hall–Kier alpha value is -8.13. The summed E-state index contributed by atoms with van der Waals surface area (Å²) in [4.78, 5) is 12.2. The van der Waals surface area contributed by atoms with E-state index in [2.05, 4.69) is 254 Å². The third-order valence-corrected chi connectivity index (χ3v) is 17.7. The van der Waals surface area contributed by atoms with Gasteiger partial charge in [-0.05, 0) is 204 Å². The first-order chi connectivity index (χ1) is 40.7. The highest BCUT2D eigenvalue weighted by Crippen LogP contribution is 2.38. The van der Waals surface area contributed by atoms with Crippen molar-refractivity contribution in [1.82, 2.24) is 15.0 Å². The number of nitrogens with zero attached hydrogens (tertiary/aromatic N) is 3. The summed E-state index contributed by atoms with van der Waals surface area (Å²) in [6.45, 7) is 33.5. The van der Waals surface area contributed by atoms with Crippen LogP contribution in [0.5, 0.6) is 0 Å². The molecule has 0 N–H and O–H groups in total. The van der Waals surface area contributed by atoms with E-state index < -0.39 is 0 Å². The normalized spacial score (nSPS) is 10.4. The number of benzene rings is 8. The average Bonchev–Trinajstić information content (AvgIpc) is 2.36. The molecule has 6 heterocycles. The van der Waals surface area contributed by atoms with Gasteiger partial charge in [0, 0.05) is 96.2 Å². The molecule has 0 atom stereocenters. The maximum atomic E-state index is 4.17. The Balaban J connectivity index is 0.000000142. The Bertz CT molecular complexity index is 4010. The molecule has 0 radical (unpaired) electrons. The van der Waals surface area contributed by atoms with Gasteiger partial charge < -0.3 is 0 Å². The Kier molecular flexibility index (Phi) is 23.6. The van der Waals surface area contributed by atoms with E-state index in [1.54, 1.807) is 0 Å². The van der Waals surface area contributed by atoms with E-state index in [1.807, 2.05) is 118 Å². The van der Waals surface area contributed by atoms with Crippen LogP contribution in [-0.4, -0.2) is 15.0 Å². The lowest BCUT2D eigenvalue weighted by Crippen LogP contribution is -1.81. The van der Waals surface area contributed by atoms with Crippen LogP contribution in [0.3, 0.4) is 0 Å². The van der Waals surface area contributed by atoms with Gasteiger partial charge in [0.25, 0.3) is 0 Å². The van der Waals surface area contributed by atoms with Gasteiger partial charge in [0.15, 0.2) is 0 Å². The van der Waals surface area contributed by atoms with Crippen molar-refractivity contribution in [1.29, 1.82) is 0 Å². The second kappa shape index (κ2) is 31.1. The molecule has 0 aliphatic carbocycles. The first-order valence-corrected chi connectivity index (χ1v) is 31.6. The van der Waals surface area contributed by atoms with Gasteiger partial charge in [-0.3, -0.25) is 15.0 Å². The first-order valence-electron chi connectivity index (χ1n) is 29.1. The van der Waals surface area contributed by atoms with Gasteiger partial charge in [-0.25, -0.2) is 0 Å². The van der Waals surface area contributed by atoms with Crippen LogP contribution in [-0.2, 0) is 0 Å². The highest BCUT2D eigenvalue weighted by Gasteiger charge is 2.08. The van der Waals surface area contributed by atoms with E-state index >= 15 is 0 Å². The van der Waals surface area contributed by atoms with Gasteiger partial charge in [-0.2, -0.15) is 0 Å². The Morgan fingerprint density at radius 1 is 0.235 bits per heavy atom. The largest absolute Gasteiger partial charge is 0.264 e. The van der Waals surface area contributed by atoms with Gasteiger partial charge in [0.05, 0.1) is 0 Å². The Labute approximate surface area is 518 Å². The van der Waals surface area contributed by atoms with Crippen LogP contribution < -0.4 is 0 Å². The molecular formula is C79H83N3S3. The molecule has 0 saturated carbocycles. The molecular weight excluding hydrogens is 1090 g/mol. The number of fused-ring (bicyclic) bond motifs is 9. The van der Waals surface area contributed by atoms with Crippen LogP contribution in [0.25, 0.3) is 60.5 Å². The molecule has 14 aromatic rings. The van der Waals surface area contributed by atoms with Crippen LogP contribution in [0.15, 0.2) is 213 Å². The van der Waals surface area contributed by atoms with Crippen LogP contribution in [0.4, 0.5) is 0 Å². The molecule has 85 heavy (non-hydrogen) atoms.